The van der Waals surface area contributed by atoms with Gasteiger partial charge in [-0.1, -0.05) is 6.07 Å². The first-order valence-electron chi connectivity index (χ1n) is 6.29. The molecule has 0 atom stereocenters. The Kier molecular flexibility index (Phi) is 4.58. The summed E-state index contributed by atoms with van der Waals surface area (Å²) in [6, 6.07) is 9.88. The van der Waals surface area contributed by atoms with Crippen LogP contribution >= 0.6 is 11.3 Å². The van der Waals surface area contributed by atoms with Crippen LogP contribution in [0.3, 0.4) is 0 Å². The van der Waals surface area contributed by atoms with Gasteiger partial charge in [-0.3, -0.25) is 4.79 Å². The van der Waals surface area contributed by atoms with Gasteiger partial charge in [0.2, 0.25) is 0 Å². The standard InChI is InChI=1S/C15H18N2OS/c1-11-10-12(16-2)5-6-14(11)15(18)17-8-7-13-4-3-9-19-13/h3-6,9-10,16H,7-8H2,1-2H3,(H,17,18). The highest BCUT2D eigenvalue weighted by atomic mass is 32.1. The minimum Gasteiger partial charge on any atom is -0.388 e. The summed E-state index contributed by atoms with van der Waals surface area (Å²) in [6.45, 7) is 2.63. The van der Waals surface area contributed by atoms with E-state index in [0.717, 1.165) is 23.2 Å². The molecule has 0 aliphatic rings. The lowest BCUT2D eigenvalue weighted by Gasteiger charge is -2.09. The Hall–Kier alpha value is -1.81. The molecule has 0 saturated carbocycles. The lowest BCUT2D eigenvalue weighted by Crippen LogP contribution is -2.26. The van der Waals surface area contributed by atoms with Crippen molar-refractivity contribution in [2.45, 2.75) is 13.3 Å². The molecule has 0 radical (unpaired) electrons. The number of amides is 1. The van der Waals surface area contributed by atoms with Crippen LogP contribution in [0.5, 0.6) is 0 Å². The van der Waals surface area contributed by atoms with E-state index >= 15 is 0 Å². The molecule has 100 valence electrons. The van der Waals surface area contributed by atoms with Crippen LogP contribution in [0.15, 0.2) is 35.7 Å². The van der Waals surface area contributed by atoms with Crippen LogP contribution in [0.2, 0.25) is 0 Å². The van der Waals surface area contributed by atoms with Crippen LogP contribution in [0, 0.1) is 6.92 Å². The predicted octanol–water partition coefficient (Wildman–Crippen LogP) is 3.07. The highest BCUT2D eigenvalue weighted by Crippen LogP contribution is 2.14. The maximum atomic E-state index is 12.1. The Balaban J connectivity index is 1.92. The number of benzene rings is 1. The molecule has 2 N–H and O–H groups in total. The van der Waals surface area contributed by atoms with Crippen LogP contribution in [0.4, 0.5) is 5.69 Å². The molecule has 19 heavy (non-hydrogen) atoms. The summed E-state index contributed by atoms with van der Waals surface area (Å²) < 4.78 is 0. The van der Waals surface area contributed by atoms with Gasteiger partial charge in [0, 0.05) is 29.7 Å². The fourth-order valence-electron chi connectivity index (χ4n) is 1.92. The zero-order valence-corrected chi connectivity index (χ0v) is 12.0. The molecule has 0 aliphatic heterocycles. The molecule has 0 aliphatic carbocycles. The van der Waals surface area contributed by atoms with E-state index in [0.29, 0.717) is 6.54 Å². The Morgan fingerprint density at radius 2 is 2.16 bits per heavy atom. The Morgan fingerprint density at radius 3 is 2.79 bits per heavy atom. The third-order valence-electron chi connectivity index (χ3n) is 3.00. The van der Waals surface area contributed by atoms with Gasteiger partial charge in [0.15, 0.2) is 0 Å². The zero-order chi connectivity index (χ0) is 13.7. The van der Waals surface area contributed by atoms with Gasteiger partial charge in [0.05, 0.1) is 0 Å². The number of carbonyl (C=O) groups excluding carboxylic acids is 1. The second-order valence-corrected chi connectivity index (χ2v) is 5.40. The third-order valence-corrected chi connectivity index (χ3v) is 3.93. The van der Waals surface area contributed by atoms with Crippen molar-refractivity contribution in [3.63, 3.8) is 0 Å². The summed E-state index contributed by atoms with van der Waals surface area (Å²) in [5.41, 5.74) is 2.75. The first-order valence-corrected chi connectivity index (χ1v) is 7.17. The van der Waals surface area contributed by atoms with Crippen molar-refractivity contribution < 1.29 is 4.79 Å². The van der Waals surface area contributed by atoms with E-state index in [1.54, 1.807) is 11.3 Å². The minimum absolute atomic E-state index is 0.00305. The molecule has 2 aromatic rings. The average Bonchev–Trinajstić information content (AvgIpc) is 2.91. The largest absolute Gasteiger partial charge is 0.388 e. The molecule has 0 fully saturated rings. The molecule has 1 aromatic carbocycles. The zero-order valence-electron chi connectivity index (χ0n) is 11.2. The topological polar surface area (TPSA) is 41.1 Å². The number of aryl methyl sites for hydroxylation is 1. The molecule has 0 saturated heterocycles. The summed E-state index contributed by atoms with van der Waals surface area (Å²) in [5, 5.41) is 8.08. The number of hydrogen-bond acceptors (Lipinski definition) is 3. The molecule has 1 amide bonds. The fourth-order valence-corrected chi connectivity index (χ4v) is 2.63. The quantitative estimate of drug-likeness (QED) is 0.879. The van der Waals surface area contributed by atoms with Crippen LogP contribution in [0.25, 0.3) is 0 Å². The first kappa shape index (κ1) is 13.6. The van der Waals surface area contributed by atoms with Gasteiger partial charge in [-0.25, -0.2) is 0 Å². The van der Waals surface area contributed by atoms with E-state index in [1.165, 1.54) is 4.88 Å². The second kappa shape index (κ2) is 6.38. The smallest absolute Gasteiger partial charge is 0.251 e. The molecule has 1 aromatic heterocycles. The molecule has 0 unspecified atom stereocenters. The van der Waals surface area contributed by atoms with Gasteiger partial charge in [-0.05, 0) is 48.6 Å². The highest BCUT2D eigenvalue weighted by molar-refractivity contribution is 7.09. The summed E-state index contributed by atoms with van der Waals surface area (Å²) >= 11 is 1.72. The molecule has 2 rings (SSSR count). The SMILES string of the molecule is CNc1ccc(C(=O)NCCc2cccs2)c(C)c1. The molecule has 1 heterocycles. The van der Waals surface area contributed by atoms with Gasteiger partial charge in [0.25, 0.3) is 5.91 Å². The second-order valence-electron chi connectivity index (χ2n) is 4.36. The monoisotopic (exact) mass is 274 g/mol. The van der Waals surface area contributed by atoms with E-state index in [-0.39, 0.29) is 5.91 Å². The average molecular weight is 274 g/mol. The van der Waals surface area contributed by atoms with Crippen molar-refractivity contribution in [1.82, 2.24) is 5.32 Å². The molecular formula is C15H18N2OS. The number of anilines is 1. The van der Waals surface area contributed by atoms with Crippen molar-refractivity contribution in [2.75, 3.05) is 18.9 Å². The van der Waals surface area contributed by atoms with E-state index in [9.17, 15) is 4.79 Å². The van der Waals surface area contributed by atoms with E-state index < -0.39 is 0 Å². The normalized spacial score (nSPS) is 10.2. The Morgan fingerprint density at radius 1 is 1.32 bits per heavy atom. The lowest BCUT2D eigenvalue weighted by atomic mass is 10.1. The van der Waals surface area contributed by atoms with Crippen LogP contribution in [-0.2, 0) is 6.42 Å². The third kappa shape index (κ3) is 3.58. The lowest BCUT2D eigenvalue weighted by molar-refractivity contribution is 0.0953. The fraction of sp³-hybridized carbons (Fsp3) is 0.267. The van der Waals surface area contributed by atoms with E-state index in [1.807, 2.05) is 38.2 Å². The number of thiophene rings is 1. The molecule has 0 spiro atoms. The molecule has 4 heteroatoms. The van der Waals surface area contributed by atoms with E-state index in [2.05, 4.69) is 22.1 Å². The first-order chi connectivity index (χ1) is 9.20. The number of nitrogens with one attached hydrogen (secondary N) is 2. The number of hydrogen-bond donors (Lipinski definition) is 2. The predicted molar refractivity (Wildman–Crippen MR) is 81.1 cm³/mol. The maximum Gasteiger partial charge on any atom is 0.251 e. The van der Waals surface area contributed by atoms with Crippen LogP contribution in [-0.4, -0.2) is 19.5 Å². The molecular weight excluding hydrogens is 256 g/mol. The van der Waals surface area contributed by atoms with Crippen molar-refractivity contribution in [3.8, 4) is 0 Å². The van der Waals surface area contributed by atoms with Gasteiger partial charge in [0.1, 0.15) is 0 Å². The van der Waals surface area contributed by atoms with Crippen molar-refractivity contribution >= 4 is 22.9 Å². The minimum atomic E-state index is -0.00305. The van der Waals surface area contributed by atoms with Crippen molar-refractivity contribution in [3.05, 3.63) is 51.7 Å². The van der Waals surface area contributed by atoms with Crippen molar-refractivity contribution in [1.29, 1.82) is 0 Å². The summed E-state index contributed by atoms with van der Waals surface area (Å²) in [5.74, 6) is -0.00305. The van der Waals surface area contributed by atoms with Crippen LogP contribution < -0.4 is 10.6 Å². The van der Waals surface area contributed by atoms with Gasteiger partial charge < -0.3 is 10.6 Å². The molecule has 3 nitrogen and oxygen atoms in total. The van der Waals surface area contributed by atoms with Crippen molar-refractivity contribution in [2.24, 2.45) is 0 Å². The summed E-state index contributed by atoms with van der Waals surface area (Å²) in [4.78, 5) is 13.4. The highest BCUT2D eigenvalue weighted by Gasteiger charge is 2.08. The summed E-state index contributed by atoms with van der Waals surface area (Å²) in [6.07, 6.45) is 0.886. The Labute approximate surface area is 117 Å². The van der Waals surface area contributed by atoms with Gasteiger partial charge in [-0.2, -0.15) is 0 Å². The number of carbonyl (C=O) groups is 1. The molecule has 0 bridgehead atoms. The maximum absolute atomic E-state index is 12.1. The van der Waals surface area contributed by atoms with Crippen LogP contribution in [0.1, 0.15) is 20.8 Å². The van der Waals surface area contributed by atoms with Gasteiger partial charge in [-0.15, -0.1) is 11.3 Å². The number of rotatable bonds is 5. The van der Waals surface area contributed by atoms with Gasteiger partial charge >= 0.3 is 0 Å². The summed E-state index contributed by atoms with van der Waals surface area (Å²) in [7, 11) is 1.87. The van der Waals surface area contributed by atoms with E-state index in [4.69, 9.17) is 0 Å². The Bertz CT molecular complexity index is 549.